The second-order valence-corrected chi connectivity index (χ2v) is 5.75. The summed E-state index contributed by atoms with van der Waals surface area (Å²) in [6, 6.07) is 14.5. The highest BCUT2D eigenvalue weighted by Crippen LogP contribution is 2.13. The first-order chi connectivity index (χ1) is 11.9. The number of aryl methyl sites for hydroxylation is 1. The maximum absolute atomic E-state index is 11.9. The van der Waals surface area contributed by atoms with Gasteiger partial charge in [-0.15, -0.1) is 0 Å². The van der Waals surface area contributed by atoms with Crippen molar-refractivity contribution in [3.05, 3.63) is 59.7 Å². The third-order valence-corrected chi connectivity index (χ3v) is 3.38. The molecule has 130 valence electrons. The molecule has 6 nitrogen and oxygen atoms in total. The highest BCUT2D eigenvalue weighted by molar-refractivity contribution is 6.03. The summed E-state index contributed by atoms with van der Waals surface area (Å²) in [6.07, 6.45) is -0.251. The minimum absolute atomic E-state index is 0.165. The van der Waals surface area contributed by atoms with Crippen LogP contribution in [0.15, 0.2) is 48.5 Å². The topological polar surface area (TPSA) is 87.3 Å². The summed E-state index contributed by atoms with van der Waals surface area (Å²) in [5.41, 5.74) is 3.31. The number of rotatable bonds is 6. The van der Waals surface area contributed by atoms with Gasteiger partial charge in [0.05, 0.1) is 0 Å². The SMILES string of the molecule is CC(=O)Nc1ccc(NC(=O)CC(=O)NCc2cccc(C)c2)cc1. The highest BCUT2D eigenvalue weighted by Gasteiger charge is 2.09. The molecule has 0 heterocycles. The molecule has 0 atom stereocenters. The largest absolute Gasteiger partial charge is 0.352 e. The zero-order valence-corrected chi connectivity index (χ0v) is 14.3. The summed E-state index contributed by atoms with van der Waals surface area (Å²) in [6.45, 7) is 3.79. The Morgan fingerprint density at radius 3 is 2.12 bits per heavy atom. The van der Waals surface area contributed by atoms with E-state index in [4.69, 9.17) is 0 Å². The number of hydrogen-bond donors (Lipinski definition) is 3. The van der Waals surface area contributed by atoms with Gasteiger partial charge in [-0.1, -0.05) is 29.8 Å². The van der Waals surface area contributed by atoms with E-state index in [0.717, 1.165) is 11.1 Å². The van der Waals surface area contributed by atoms with E-state index < -0.39 is 5.91 Å². The van der Waals surface area contributed by atoms with Crippen LogP contribution in [0.1, 0.15) is 24.5 Å². The van der Waals surface area contributed by atoms with E-state index in [2.05, 4.69) is 16.0 Å². The molecule has 0 aliphatic rings. The Bertz CT molecular complexity index is 770. The standard InChI is InChI=1S/C19H21N3O3/c1-13-4-3-5-15(10-13)12-20-18(24)11-19(25)22-17-8-6-16(7-9-17)21-14(2)23/h3-10H,11-12H2,1-2H3,(H,20,24)(H,21,23)(H,22,25). The van der Waals surface area contributed by atoms with Crippen molar-refractivity contribution in [3.63, 3.8) is 0 Å². The van der Waals surface area contributed by atoms with Crippen LogP contribution in [-0.2, 0) is 20.9 Å². The first-order valence-electron chi connectivity index (χ1n) is 7.92. The van der Waals surface area contributed by atoms with Crippen molar-refractivity contribution >= 4 is 29.1 Å². The average Bonchev–Trinajstić information content (AvgIpc) is 2.54. The fraction of sp³-hybridized carbons (Fsp3) is 0.211. The molecule has 2 aromatic rings. The lowest BCUT2D eigenvalue weighted by molar-refractivity contribution is -0.127. The Morgan fingerprint density at radius 1 is 0.880 bits per heavy atom. The van der Waals surface area contributed by atoms with E-state index in [1.807, 2.05) is 31.2 Å². The van der Waals surface area contributed by atoms with Crippen LogP contribution in [0.5, 0.6) is 0 Å². The summed E-state index contributed by atoms with van der Waals surface area (Å²) in [5, 5.41) is 8.01. The molecule has 6 heteroatoms. The molecule has 0 unspecified atom stereocenters. The van der Waals surface area contributed by atoms with E-state index >= 15 is 0 Å². The van der Waals surface area contributed by atoms with Gasteiger partial charge in [-0.05, 0) is 36.8 Å². The number of hydrogen-bond acceptors (Lipinski definition) is 3. The van der Waals surface area contributed by atoms with Crippen molar-refractivity contribution in [2.75, 3.05) is 10.6 Å². The van der Waals surface area contributed by atoms with Gasteiger partial charge >= 0.3 is 0 Å². The van der Waals surface area contributed by atoms with Crippen LogP contribution in [0.4, 0.5) is 11.4 Å². The van der Waals surface area contributed by atoms with Gasteiger partial charge in [-0.3, -0.25) is 14.4 Å². The monoisotopic (exact) mass is 339 g/mol. The fourth-order valence-corrected chi connectivity index (χ4v) is 2.28. The maximum atomic E-state index is 11.9. The quantitative estimate of drug-likeness (QED) is 0.707. The van der Waals surface area contributed by atoms with E-state index in [1.54, 1.807) is 24.3 Å². The van der Waals surface area contributed by atoms with Crippen LogP contribution < -0.4 is 16.0 Å². The molecule has 0 bridgehead atoms. The summed E-state index contributed by atoms with van der Waals surface area (Å²) < 4.78 is 0. The lowest BCUT2D eigenvalue weighted by Crippen LogP contribution is -2.27. The van der Waals surface area contributed by atoms with Crippen LogP contribution in [0.2, 0.25) is 0 Å². The van der Waals surface area contributed by atoms with Crippen molar-refractivity contribution in [2.24, 2.45) is 0 Å². The zero-order chi connectivity index (χ0) is 18.2. The van der Waals surface area contributed by atoms with Gasteiger partial charge in [0.1, 0.15) is 6.42 Å². The fourth-order valence-electron chi connectivity index (χ4n) is 2.28. The molecule has 0 radical (unpaired) electrons. The Hall–Kier alpha value is -3.15. The second kappa shape index (κ2) is 8.63. The first kappa shape index (κ1) is 18.2. The molecule has 0 saturated carbocycles. The Morgan fingerprint density at radius 2 is 1.52 bits per heavy atom. The molecular weight excluding hydrogens is 318 g/mol. The molecule has 25 heavy (non-hydrogen) atoms. The summed E-state index contributed by atoms with van der Waals surface area (Å²) in [4.78, 5) is 34.7. The highest BCUT2D eigenvalue weighted by atomic mass is 16.2. The van der Waals surface area contributed by atoms with Crippen LogP contribution >= 0.6 is 0 Å². The number of carbonyl (C=O) groups excluding carboxylic acids is 3. The van der Waals surface area contributed by atoms with E-state index in [-0.39, 0.29) is 18.2 Å². The molecule has 3 amide bonds. The molecule has 2 rings (SSSR count). The Balaban J connectivity index is 1.79. The summed E-state index contributed by atoms with van der Waals surface area (Å²) in [5.74, 6) is -0.898. The molecule has 0 spiro atoms. The normalized spacial score (nSPS) is 10.0. The van der Waals surface area contributed by atoms with Gasteiger partial charge in [0.15, 0.2) is 0 Å². The van der Waals surface area contributed by atoms with Gasteiger partial charge in [-0.2, -0.15) is 0 Å². The Labute approximate surface area is 146 Å². The van der Waals surface area contributed by atoms with Crippen LogP contribution in [0, 0.1) is 6.92 Å². The number of nitrogens with one attached hydrogen (secondary N) is 3. The average molecular weight is 339 g/mol. The summed E-state index contributed by atoms with van der Waals surface area (Å²) >= 11 is 0. The lowest BCUT2D eigenvalue weighted by atomic mass is 10.1. The molecule has 0 aliphatic heterocycles. The summed E-state index contributed by atoms with van der Waals surface area (Å²) in [7, 11) is 0. The van der Waals surface area contributed by atoms with Gasteiger partial charge in [0.25, 0.3) is 0 Å². The van der Waals surface area contributed by atoms with Gasteiger partial charge in [-0.25, -0.2) is 0 Å². The van der Waals surface area contributed by atoms with Gasteiger partial charge in [0.2, 0.25) is 17.7 Å². The van der Waals surface area contributed by atoms with Crippen LogP contribution in [0.3, 0.4) is 0 Å². The number of amides is 3. The molecular formula is C19H21N3O3. The molecule has 0 aliphatic carbocycles. The van der Waals surface area contributed by atoms with Crippen LogP contribution in [-0.4, -0.2) is 17.7 Å². The van der Waals surface area contributed by atoms with Crippen LogP contribution in [0.25, 0.3) is 0 Å². The Kier molecular flexibility index (Phi) is 6.28. The first-order valence-corrected chi connectivity index (χ1v) is 7.92. The second-order valence-electron chi connectivity index (χ2n) is 5.75. The molecule has 2 aromatic carbocycles. The minimum atomic E-state index is -0.394. The molecule has 0 aromatic heterocycles. The van der Waals surface area contributed by atoms with Crippen molar-refractivity contribution in [1.82, 2.24) is 5.32 Å². The minimum Gasteiger partial charge on any atom is -0.352 e. The van der Waals surface area contributed by atoms with Crippen molar-refractivity contribution in [3.8, 4) is 0 Å². The predicted octanol–water partition coefficient (Wildman–Crippen LogP) is 2.60. The van der Waals surface area contributed by atoms with Crippen molar-refractivity contribution in [1.29, 1.82) is 0 Å². The maximum Gasteiger partial charge on any atom is 0.233 e. The third-order valence-electron chi connectivity index (χ3n) is 3.38. The zero-order valence-electron chi connectivity index (χ0n) is 14.3. The molecule has 0 fully saturated rings. The number of benzene rings is 2. The lowest BCUT2D eigenvalue weighted by Gasteiger charge is -2.08. The van der Waals surface area contributed by atoms with Crippen molar-refractivity contribution in [2.45, 2.75) is 26.8 Å². The smallest absolute Gasteiger partial charge is 0.233 e. The van der Waals surface area contributed by atoms with E-state index in [9.17, 15) is 14.4 Å². The number of anilines is 2. The van der Waals surface area contributed by atoms with Gasteiger partial charge < -0.3 is 16.0 Å². The third kappa shape index (κ3) is 6.47. The molecule has 0 saturated heterocycles. The number of carbonyl (C=O) groups is 3. The van der Waals surface area contributed by atoms with Gasteiger partial charge in [0, 0.05) is 24.8 Å². The van der Waals surface area contributed by atoms with E-state index in [0.29, 0.717) is 17.9 Å². The van der Waals surface area contributed by atoms with Crippen molar-refractivity contribution < 1.29 is 14.4 Å². The van der Waals surface area contributed by atoms with E-state index in [1.165, 1.54) is 6.92 Å². The molecule has 3 N–H and O–H groups in total. The predicted molar refractivity (Wildman–Crippen MR) is 97.0 cm³/mol.